The van der Waals surface area contributed by atoms with Gasteiger partial charge < -0.3 is 0 Å². The lowest BCUT2D eigenvalue weighted by Crippen LogP contribution is -2.12. The van der Waals surface area contributed by atoms with Crippen molar-refractivity contribution in [1.29, 1.82) is 5.26 Å². The standard InChI is InChI=1S/C18H12FN3O2S/c19-15-8-14(9-16(10-15)25(21,23)24)18-17(5-2-6-22-18)13-4-1-3-12(7-13)11-20/h1-10H,(H2,21,23,24). The smallest absolute Gasteiger partial charge is 0.238 e. The maximum absolute atomic E-state index is 13.9. The second-order valence-corrected chi connectivity index (χ2v) is 6.87. The SMILES string of the molecule is N#Cc1cccc(-c2cccnc2-c2cc(F)cc(S(N)(=O)=O)c2)c1. The maximum atomic E-state index is 13.9. The van der Waals surface area contributed by atoms with E-state index in [0.717, 1.165) is 6.07 Å². The number of primary sulfonamides is 1. The van der Waals surface area contributed by atoms with Crippen LogP contribution in [0.15, 0.2) is 65.7 Å². The van der Waals surface area contributed by atoms with Crippen LogP contribution in [0.5, 0.6) is 0 Å². The summed E-state index contributed by atoms with van der Waals surface area (Å²) in [5, 5.41) is 14.2. The molecule has 25 heavy (non-hydrogen) atoms. The number of rotatable bonds is 3. The van der Waals surface area contributed by atoms with Crippen molar-refractivity contribution in [2.24, 2.45) is 5.14 Å². The van der Waals surface area contributed by atoms with E-state index < -0.39 is 15.8 Å². The molecule has 0 atom stereocenters. The Bertz CT molecular complexity index is 1110. The van der Waals surface area contributed by atoms with Crippen molar-refractivity contribution in [3.05, 3.63) is 72.2 Å². The van der Waals surface area contributed by atoms with E-state index in [2.05, 4.69) is 11.1 Å². The monoisotopic (exact) mass is 353 g/mol. The molecule has 0 saturated carbocycles. The first-order valence-electron chi connectivity index (χ1n) is 7.18. The molecule has 3 aromatic rings. The molecule has 0 aliphatic rings. The number of hydrogen-bond donors (Lipinski definition) is 1. The van der Waals surface area contributed by atoms with Gasteiger partial charge in [0.1, 0.15) is 5.82 Å². The fourth-order valence-corrected chi connectivity index (χ4v) is 3.06. The Kier molecular flexibility index (Phi) is 4.31. The number of nitrogens with zero attached hydrogens (tertiary/aromatic N) is 2. The summed E-state index contributed by atoms with van der Waals surface area (Å²) in [4.78, 5) is 3.93. The highest BCUT2D eigenvalue weighted by Gasteiger charge is 2.15. The van der Waals surface area contributed by atoms with Gasteiger partial charge in [0.25, 0.3) is 0 Å². The lowest BCUT2D eigenvalue weighted by atomic mass is 9.98. The van der Waals surface area contributed by atoms with Gasteiger partial charge in [-0.2, -0.15) is 5.26 Å². The van der Waals surface area contributed by atoms with E-state index >= 15 is 0 Å². The molecule has 0 bridgehead atoms. The molecule has 5 nitrogen and oxygen atoms in total. The van der Waals surface area contributed by atoms with Gasteiger partial charge in [-0.15, -0.1) is 0 Å². The van der Waals surface area contributed by atoms with E-state index in [1.807, 2.05) is 0 Å². The van der Waals surface area contributed by atoms with Gasteiger partial charge in [-0.1, -0.05) is 18.2 Å². The highest BCUT2D eigenvalue weighted by molar-refractivity contribution is 7.89. The molecule has 0 spiro atoms. The maximum Gasteiger partial charge on any atom is 0.238 e. The molecular weight excluding hydrogens is 341 g/mol. The zero-order chi connectivity index (χ0) is 18.0. The highest BCUT2D eigenvalue weighted by Crippen LogP contribution is 2.32. The molecule has 0 aliphatic heterocycles. The molecule has 2 N–H and O–H groups in total. The molecule has 2 aromatic carbocycles. The summed E-state index contributed by atoms with van der Waals surface area (Å²) < 4.78 is 37.0. The molecule has 3 rings (SSSR count). The average Bonchev–Trinajstić information content (AvgIpc) is 2.60. The van der Waals surface area contributed by atoms with Crippen molar-refractivity contribution < 1.29 is 12.8 Å². The van der Waals surface area contributed by atoms with Crippen LogP contribution in [-0.2, 0) is 10.0 Å². The van der Waals surface area contributed by atoms with Crippen LogP contribution in [0.2, 0.25) is 0 Å². The molecule has 7 heteroatoms. The molecule has 0 fully saturated rings. The molecule has 124 valence electrons. The van der Waals surface area contributed by atoms with Crippen molar-refractivity contribution in [3.63, 3.8) is 0 Å². The van der Waals surface area contributed by atoms with Gasteiger partial charge in [0.15, 0.2) is 0 Å². The summed E-state index contributed by atoms with van der Waals surface area (Å²) in [6.07, 6.45) is 1.52. The third kappa shape index (κ3) is 3.55. The van der Waals surface area contributed by atoms with Crippen molar-refractivity contribution >= 4 is 10.0 Å². The number of aromatic nitrogens is 1. The Morgan fingerprint density at radius 2 is 1.84 bits per heavy atom. The third-order valence-electron chi connectivity index (χ3n) is 3.58. The van der Waals surface area contributed by atoms with Crippen LogP contribution < -0.4 is 5.14 Å². The van der Waals surface area contributed by atoms with Crippen LogP contribution in [0.4, 0.5) is 4.39 Å². The molecular formula is C18H12FN3O2S. The highest BCUT2D eigenvalue weighted by atomic mass is 32.2. The minimum Gasteiger partial charge on any atom is -0.256 e. The predicted octanol–water partition coefficient (Wildman–Crippen LogP) is 3.07. The zero-order valence-electron chi connectivity index (χ0n) is 12.8. The van der Waals surface area contributed by atoms with Gasteiger partial charge >= 0.3 is 0 Å². The van der Waals surface area contributed by atoms with E-state index in [9.17, 15) is 12.8 Å². The second-order valence-electron chi connectivity index (χ2n) is 5.31. The normalized spacial score (nSPS) is 11.1. The van der Waals surface area contributed by atoms with Crippen LogP contribution in [0, 0.1) is 17.1 Å². The Morgan fingerprint density at radius 1 is 1.04 bits per heavy atom. The quantitative estimate of drug-likeness (QED) is 0.782. The largest absolute Gasteiger partial charge is 0.256 e. The molecule has 1 aromatic heterocycles. The van der Waals surface area contributed by atoms with Crippen molar-refractivity contribution in [2.75, 3.05) is 0 Å². The fourth-order valence-electron chi connectivity index (χ4n) is 2.49. The number of benzene rings is 2. The number of halogens is 1. The summed E-state index contributed by atoms with van der Waals surface area (Å²) in [7, 11) is -4.05. The van der Waals surface area contributed by atoms with Crippen LogP contribution in [0.3, 0.4) is 0 Å². The van der Waals surface area contributed by atoms with E-state index in [4.69, 9.17) is 10.4 Å². The van der Waals surface area contributed by atoms with Crippen LogP contribution in [0.1, 0.15) is 5.56 Å². The number of hydrogen-bond acceptors (Lipinski definition) is 4. The molecule has 0 aliphatic carbocycles. The third-order valence-corrected chi connectivity index (χ3v) is 4.48. The first kappa shape index (κ1) is 16.8. The minimum absolute atomic E-state index is 0.280. The summed E-state index contributed by atoms with van der Waals surface area (Å²) >= 11 is 0. The van der Waals surface area contributed by atoms with Crippen molar-refractivity contribution in [3.8, 4) is 28.5 Å². The van der Waals surface area contributed by atoms with Gasteiger partial charge in [-0.05, 0) is 42.0 Å². The van der Waals surface area contributed by atoms with Crippen LogP contribution >= 0.6 is 0 Å². The predicted molar refractivity (Wildman–Crippen MR) is 91.2 cm³/mol. The Hall–Kier alpha value is -3.08. The lowest BCUT2D eigenvalue weighted by molar-refractivity contribution is 0.592. The van der Waals surface area contributed by atoms with E-state index in [1.165, 1.54) is 18.3 Å². The zero-order valence-corrected chi connectivity index (χ0v) is 13.7. The summed E-state index contributed by atoms with van der Waals surface area (Å²) in [5.74, 6) is -0.732. The molecule has 0 amide bonds. The van der Waals surface area contributed by atoms with Crippen LogP contribution in [0.25, 0.3) is 22.4 Å². The van der Waals surface area contributed by atoms with Gasteiger partial charge in [0.2, 0.25) is 10.0 Å². The Balaban J connectivity index is 2.23. The number of nitriles is 1. The van der Waals surface area contributed by atoms with Gasteiger partial charge in [0, 0.05) is 17.3 Å². The van der Waals surface area contributed by atoms with E-state index in [0.29, 0.717) is 22.4 Å². The van der Waals surface area contributed by atoms with Gasteiger partial charge in [0.05, 0.1) is 22.2 Å². The number of nitrogens with two attached hydrogens (primary N) is 1. The second kappa shape index (κ2) is 6.43. The minimum atomic E-state index is -4.05. The molecule has 1 heterocycles. The van der Waals surface area contributed by atoms with Crippen molar-refractivity contribution in [1.82, 2.24) is 4.98 Å². The van der Waals surface area contributed by atoms with E-state index in [-0.39, 0.29) is 10.5 Å². The average molecular weight is 353 g/mol. The van der Waals surface area contributed by atoms with Gasteiger partial charge in [-0.3, -0.25) is 4.98 Å². The van der Waals surface area contributed by atoms with E-state index in [1.54, 1.807) is 36.4 Å². The summed E-state index contributed by atoms with van der Waals surface area (Å²) in [6.45, 7) is 0. The number of pyridine rings is 1. The van der Waals surface area contributed by atoms with Crippen molar-refractivity contribution in [2.45, 2.75) is 4.90 Å². The number of sulfonamides is 1. The molecule has 0 saturated heterocycles. The topological polar surface area (TPSA) is 96.8 Å². The summed E-state index contributed by atoms with van der Waals surface area (Å²) in [5.41, 5.74) is 2.50. The molecule has 0 radical (unpaired) electrons. The Morgan fingerprint density at radius 3 is 2.56 bits per heavy atom. The first-order valence-corrected chi connectivity index (χ1v) is 8.72. The summed E-state index contributed by atoms with van der Waals surface area (Å²) in [6, 6.07) is 15.7. The first-order chi connectivity index (χ1) is 11.9. The molecule has 0 unspecified atom stereocenters. The van der Waals surface area contributed by atoms with Crippen LogP contribution in [-0.4, -0.2) is 13.4 Å². The van der Waals surface area contributed by atoms with Gasteiger partial charge in [-0.25, -0.2) is 17.9 Å². The Labute approximate surface area is 144 Å². The fraction of sp³-hybridized carbons (Fsp3) is 0. The lowest BCUT2D eigenvalue weighted by Gasteiger charge is -2.10.